The summed E-state index contributed by atoms with van der Waals surface area (Å²) in [6, 6.07) is 0. The zero-order valence-electron chi connectivity index (χ0n) is 6.89. The number of aliphatic hydroxyl groups is 1. The molecule has 0 rings (SSSR count). The van der Waals surface area contributed by atoms with E-state index in [0.29, 0.717) is 12.3 Å². The quantitative estimate of drug-likeness (QED) is 0.502. The number of hydrogen-bond donors (Lipinski definition) is 1. The molecule has 1 N–H and O–H groups in total. The fraction of sp³-hybridized carbons (Fsp3) is 0.556. The molecule has 0 radical (unpaired) electrons. The second-order valence-electron chi connectivity index (χ2n) is 2.49. The minimum absolute atomic E-state index is 0.416. The predicted octanol–water partition coefficient (Wildman–Crippen LogP) is 2.50. The van der Waals surface area contributed by atoms with Gasteiger partial charge in [-0.25, -0.2) is 0 Å². The molecule has 0 aromatic heterocycles. The lowest BCUT2D eigenvalue weighted by molar-refractivity contribution is 0.223. The largest absolute Gasteiger partial charge is 0.389 e. The van der Waals surface area contributed by atoms with E-state index in [0.717, 1.165) is 12.0 Å². The molecular formula is C9H15ClO. The molecule has 0 bridgehead atoms. The minimum Gasteiger partial charge on any atom is -0.389 e. The SMILES string of the molecule is C=C(CCl)C[C@H](O)/C=C/CC. The van der Waals surface area contributed by atoms with Gasteiger partial charge in [0.05, 0.1) is 6.10 Å². The van der Waals surface area contributed by atoms with Gasteiger partial charge in [0.2, 0.25) is 0 Å². The Morgan fingerprint density at radius 2 is 2.36 bits per heavy atom. The molecule has 0 spiro atoms. The van der Waals surface area contributed by atoms with Gasteiger partial charge >= 0.3 is 0 Å². The number of halogens is 1. The fourth-order valence-electron chi connectivity index (χ4n) is 0.712. The van der Waals surface area contributed by atoms with Crippen LogP contribution in [0, 0.1) is 0 Å². The summed E-state index contributed by atoms with van der Waals surface area (Å²) in [6.07, 6.45) is 4.81. The molecule has 0 aliphatic carbocycles. The molecule has 0 saturated carbocycles. The molecule has 64 valence electrons. The summed E-state index contributed by atoms with van der Waals surface area (Å²) in [5.74, 6) is 0.428. The van der Waals surface area contributed by atoms with Crippen LogP contribution < -0.4 is 0 Å². The van der Waals surface area contributed by atoms with Gasteiger partial charge in [-0.15, -0.1) is 11.6 Å². The van der Waals surface area contributed by atoms with Crippen molar-refractivity contribution in [2.45, 2.75) is 25.9 Å². The Hall–Kier alpha value is -0.270. The van der Waals surface area contributed by atoms with E-state index in [4.69, 9.17) is 11.6 Å². The summed E-state index contributed by atoms with van der Waals surface area (Å²) in [4.78, 5) is 0. The molecular weight excluding hydrogens is 160 g/mol. The highest BCUT2D eigenvalue weighted by Gasteiger charge is 1.99. The van der Waals surface area contributed by atoms with Crippen LogP contribution in [0.25, 0.3) is 0 Å². The van der Waals surface area contributed by atoms with Crippen molar-refractivity contribution >= 4 is 11.6 Å². The molecule has 0 unspecified atom stereocenters. The van der Waals surface area contributed by atoms with E-state index in [-0.39, 0.29) is 0 Å². The molecule has 0 aromatic carbocycles. The van der Waals surface area contributed by atoms with Gasteiger partial charge in [-0.3, -0.25) is 0 Å². The Bertz CT molecular complexity index is 140. The summed E-state index contributed by atoms with van der Waals surface area (Å²) in [7, 11) is 0. The number of hydrogen-bond acceptors (Lipinski definition) is 1. The van der Waals surface area contributed by atoms with E-state index >= 15 is 0 Å². The van der Waals surface area contributed by atoms with Gasteiger partial charge in [-0.05, 0) is 12.8 Å². The van der Waals surface area contributed by atoms with E-state index in [9.17, 15) is 5.11 Å². The van der Waals surface area contributed by atoms with Gasteiger partial charge in [0.25, 0.3) is 0 Å². The van der Waals surface area contributed by atoms with Crippen LogP contribution in [0.4, 0.5) is 0 Å². The van der Waals surface area contributed by atoms with Crippen molar-refractivity contribution < 1.29 is 5.11 Å². The normalized spacial score (nSPS) is 13.7. The summed E-state index contributed by atoms with van der Waals surface area (Å²) >= 11 is 5.50. The topological polar surface area (TPSA) is 20.2 Å². The number of rotatable bonds is 5. The van der Waals surface area contributed by atoms with Crippen LogP contribution in [0.3, 0.4) is 0 Å². The van der Waals surface area contributed by atoms with Crippen LogP contribution in [-0.4, -0.2) is 17.1 Å². The van der Waals surface area contributed by atoms with Crippen LogP contribution in [0.1, 0.15) is 19.8 Å². The Kier molecular flexibility index (Phi) is 6.28. The standard InChI is InChI=1S/C9H15ClO/c1-3-4-5-9(11)6-8(2)7-10/h4-5,9,11H,2-3,6-7H2,1H3/b5-4+/t9-/m1/s1. The highest BCUT2D eigenvalue weighted by molar-refractivity contribution is 6.19. The predicted molar refractivity (Wildman–Crippen MR) is 49.9 cm³/mol. The Labute approximate surface area is 73.4 Å². The molecule has 0 aliphatic rings. The maximum Gasteiger partial charge on any atom is 0.0758 e. The summed E-state index contributed by atoms with van der Waals surface area (Å²) in [5.41, 5.74) is 0.875. The third kappa shape index (κ3) is 6.14. The monoisotopic (exact) mass is 174 g/mol. The van der Waals surface area contributed by atoms with E-state index < -0.39 is 6.10 Å². The van der Waals surface area contributed by atoms with E-state index in [1.807, 2.05) is 13.0 Å². The van der Waals surface area contributed by atoms with Crippen molar-refractivity contribution in [3.8, 4) is 0 Å². The molecule has 0 heterocycles. The van der Waals surface area contributed by atoms with E-state index in [1.165, 1.54) is 0 Å². The van der Waals surface area contributed by atoms with Gasteiger partial charge in [-0.2, -0.15) is 0 Å². The molecule has 11 heavy (non-hydrogen) atoms. The number of aliphatic hydroxyl groups excluding tert-OH is 1. The second kappa shape index (κ2) is 6.44. The van der Waals surface area contributed by atoms with Crippen molar-refractivity contribution in [3.05, 3.63) is 24.3 Å². The average molecular weight is 175 g/mol. The van der Waals surface area contributed by atoms with Crippen molar-refractivity contribution in [1.82, 2.24) is 0 Å². The lowest BCUT2D eigenvalue weighted by atomic mass is 10.1. The molecule has 0 saturated heterocycles. The lowest BCUT2D eigenvalue weighted by Crippen LogP contribution is -2.03. The first-order valence-electron chi connectivity index (χ1n) is 3.78. The smallest absolute Gasteiger partial charge is 0.0758 e. The van der Waals surface area contributed by atoms with Gasteiger partial charge < -0.3 is 5.11 Å². The van der Waals surface area contributed by atoms with Crippen LogP contribution >= 0.6 is 11.6 Å². The van der Waals surface area contributed by atoms with Crippen LogP contribution in [-0.2, 0) is 0 Å². The molecule has 0 amide bonds. The first-order valence-corrected chi connectivity index (χ1v) is 4.31. The Morgan fingerprint density at radius 1 is 1.73 bits per heavy atom. The van der Waals surface area contributed by atoms with Crippen molar-refractivity contribution in [3.63, 3.8) is 0 Å². The maximum absolute atomic E-state index is 9.28. The van der Waals surface area contributed by atoms with Crippen molar-refractivity contribution in [2.24, 2.45) is 0 Å². The third-order valence-corrected chi connectivity index (χ3v) is 1.66. The highest BCUT2D eigenvalue weighted by atomic mass is 35.5. The van der Waals surface area contributed by atoms with Crippen LogP contribution in [0.2, 0.25) is 0 Å². The fourth-order valence-corrected chi connectivity index (χ4v) is 0.821. The summed E-state index contributed by atoms with van der Waals surface area (Å²) in [6.45, 7) is 5.72. The van der Waals surface area contributed by atoms with Gasteiger partial charge in [0.15, 0.2) is 0 Å². The molecule has 2 heteroatoms. The Morgan fingerprint density at radius 3 is 2.82 bits per heavy atom. The van der Waals surface area contributed by atoms with Gasteiger partial charge in [0, 0.05) is 5.88 Å². The molecule has 0 aromatic rings. The number of alkyl halides is 1. The molecule has 0 aliphatic heterocycles. The lowest BCUT2D eigenvalue weighted by Gasteiger charge is -2.04. The van der Waals surface area contributed by atoms with E-state index in [2.05, 4.69) is 6.58 Å². The first-order chi connectivity index (χ1) is 5.20. The maximum atomic E-state index is 9.28. The van der Waals surface area contributed by atoms with Crippen LogP contribution in [0.15, 0.2) is 24.3 Å². The van der Waals surface area contributed by atoms with Crippen molar-refractivity contribution in [2.75, 3.05) is 5.88 Å². The Balaban J connectivity index is 3.59. The molecule has 1 atom stereocenters. The van der Waals surface area contributed by atoms with Gasteiger partial charge in [0.1, 0.15) is 0 Å². The molecule has 1 nitrogen and oxygen atoms in total. The minimum atomic E-state index is -0.416. The molecule has 0 fully saturated rings. The number of allylic oxidation sites excluding steroid dienone is 1. The van der Waals surface area contributed by atoms with Gasteiger partial charge in [-0.1, -0.05) is 31.2 Å². The first kappa shape index (κ1) is 10.7. The highest BCUT2D eigenvalue weighted by Crippen LogP contribution is 2.05. The van der Waals surface area contributed by atoms with Crippen LogP contribution in [0.5, 0.6) is 0 Å². The zero-order chi connectivity index (χ0) is 8.69. The van der Waals surface area contributed by atoms with E-state index in [1.54, 1.807) is 6.08 Å². The zero-order valence-corrected chi connectivity index (χ0v) is 7.64. The van der Waals surface area contributed by atoms with Crippen molar-refractivity contribution in [1.29, 1.82) is 0 Å². The second-order valence-corrected chi connectivity index (χ2v) is 2.76. The summed E-state index contributed by atoms with van der Waals surface area (Å²) < 4.78 is 0. The third-order valence-electron chi connectivity index (χ3n) is 1.28. The average Bonchev–Trinajstić information content (AvgIpc) is 2.00. The summed E-state index contributed by atoms with van der Waals surface area (Å²) in [5, 5.41) is 9.28.